The summed E-state index contributed by atoms with van der Waals surface area (Å²) in [6.07, 6.45) is 0. The van der Waals surface area contributed by atoms with Gasteiger partial charge in [0.05, 0.1) is 34.4 Å². The molecule has 7 nitrogen and oxygen atoms in total. The maximum atomic E-state index is 13.5. The monoisotopic (exact) mass is 504 g/mol. The van der Waals surface area contributed by atoms with Crippen LogP contribution in [0.3, 0.4) is 0 Å². The molecule has 0 atom stereocenters. The van der Waals surface area contributed by atoms with Gasteiger partial charge in [0, 0.05) is 18.0 Å². The molecule has 0 aliphatic heterocycles. The van der Waals surface area contributed by atoms with Gasteiger partial charge in [-0.05, 0) is 43.7 Å². The highest BCUT2D eigenvalue weighted by atomic mass is 32.1. The molecule has 5 aromatic rings. The minimum absolute atomic E-state index is 0.194. The van der Waals surface area contributed by atoms with Gasteiger partial charge in [0.25, 0.3) is 5.56 Å². The third kappa shape index (κ3) is 4.60. The van der Waals surface area contributed by atoms with Crippen LogP contribution in [-0.2, 0) is 7.05 Å². The summed E-state index contributed by atoms with van der Waals surface area (Å²) in [7, 11) is 1.85. The second kappa shape index (κ2) is 10.1. The largest absolute Gasteiger partial charge is 0.297 e. The van der Waals surface area contributed by atoms with Gasteiger partial charge in [0.2, 0.25) is 4.80 Å². The van der Waals surface area contributed by atoms with Crippen LogP contribution in [0.1, 0.15) is 23.7 Å². The zero-order valence-corrected chi connectivity index (χ0v) is 21.5. The molecule has 8 heteroatoms. The average molecular weight is 505 g/mol. The summed E-state index contributed by atoms with van der Waals surface area (Å²) >= 11 is 1.43. The van der Waals surface area contributed by atoms with E-state index in [0.29, 0.717) is 16.1 Å². The smallest absolute Gasteiger partial charge is 0.283 e. The van der Waals surface area contributed by atoms with E-state index in [0.717, 1.165) is 33.9 Å². The summed E-state index contributed by atoms with van der Waals surface area (Å²) in [6, 6.07) is 28.9. The Bertz CT molecular complexity index is 1760. The molecule has 182 valence electrons. The normalized spacial score (nSPS) is 12.1. The molecule has 2 heterocycles. The van der Waals surface area contributed by atoms with Gasteiger partial charge in [-0.3, -0.25) is 9.48 Å². The molecule has 0 spiro atoms. The van der Waals surface area contributed by atoms with Crippen molar-refractivity contribution in [2.24, 2.45) is 17.1 Å². The number of hydrogen-bond acceptors (Lipinski definition) is 5. The summed E-state index contributed by atoms with van der Waals surface area (Å²) in [5.74, 6) is 0. The highest BCUT2D eigenvalue weighted by Crippen LogP contribution is 2.22. The predicted octanol–water partition coefficient (Wildman–Crippen LogP) is 5.39. The van der Waals surface area contributed by atoms with E-state index in [-0.39, 0.29) is 5.56 Å². The summed E-state index contributed by atoms with van der Waals surface area (Å²) in [5, 5.41) is 16.0. The maximum absolute atomic E-state index is 13.5. The minimum atomic E-state index is -0.194. The Labute approximate surface area is 218 Å². The molecule has 3 aromatic carbocycles. The number of benzene rings is 3. The third-order valence-corrected chi connectivity index (χ3v) is 6.98. The number of nitrogens with zero attached hydrogens (tertiary/aromatic N) is 6. The van der Waals surface area contributed by atoms with E-state index >= 15 is 0 Å². The molecule has 0 amide bonds. The van der Waals surface area contributed by atoms with E-state index in [1.54, 1.807) is 21.5 Å². The van der Waals surface area contributed by atoms with Gasteiger partial charge < -0.3 is 0 Å². The van der Waals surface area contributed by atoms with Crippen molar-refractivity contribution in [3.8, 4) is 23.0 Å². The van der Waals surface area contributed by atoms with Crippen molar-refractivity contribution < 1.29 is 0 Å². The lowest BCUT2D eigenvalue weighted by atomic mass is 10.1. The van der Waals surface area contributed by atoms with Crippen molar-refractivity contribution >= 4 is 22.7 Å². The molecule has 0 fully saturated rings. The molecular weight excluding hydrogens is 480 g/mol. The fraction of sp³-hybridized carbons (Fsp3) is 0.103. The maximum Gasteiger partial charge on any atom is 0.297 e. The molecule has 0 saturated carbocycles. The van der Waals surface area contributed by atoms with Crippen LogP contribution >= 0.6 is 11.3 Å². The van der Waals surface area contributed by atoms with Crippen molar-refractivity contribution in [2.75, 3.05) is 0 Å². The zero-order valence-electron chi connectivity index (χ0n) is 20.7. The highest BCUT2D eigenvalue weighted by molar-refractivity contribution is 7.07. The Kier molecular flexibility index (Phi) is 6.54. The Balaban J connectivity index is 1.71. The fourth-order valence-electron chi connectivity index (χ4n) is 4.05. The molecule has 2 aromatic heterocycles. The number of hydrogen-bond donors (Lipinski definition) is 0. The lowest BCUT2D eigenvalue weighted by molar-refractivity contribution is 0.630. The van der Waals surface area contributed by atoms with E-state index in [2.05, 4.69) is 6.07 Å². The molecule has 0 bridgehead atoms. The van der Waals surface area contributed by atoms with Crippen molar-refractivity contribution in [3.05, 3.63) is 122 Å². The summed E-state index contributed by atoms with van der Waals surface area (Å²) in [5.41, 5.74) is 5.80. The number of aromatic nitrogens is 3. The Morgan fingerprint density at radius 3 is 2.24 bits per heavy atom. The first-order chi connectivity index (χ1) is 18.0. The Morgan fingerprint density at radius 1 is 0.946 bits per heavy atom. The van der Waals surface area contributed by atoms with Crippen LogP contribution in [-0.4, -0.2) is 19.8 Å². The fourth-order valence-corrected chi connectivity index (χ4v) is 4.89. The molecule has 0 aliphatic carbocycles. The van der Waals surface area contributed by atoms with Crippen LogP contribution < -0.4 is 10.4 Å². The van der Waals surface area contributed by atoms with Gasteiger partial charge in [0.15, 0.2) is 5.69 Å². The van der Waals surface area contributed by atoms with Crippen LogP contribution in [0.25, 0.3) is 16.9 Å². The first kappa shape index (κ1) is 24.0. The third-order valence-electron chi connectivity index (χ3n) is 6.17. The second-order valence-electron chi connectivity index (χ2n) is 8.48. The number of nitriles is 1. The van der Waals surface area contributed by atoms with Crippen molar-refractivity contribution in [2.45, 2.75) is 13.8 Å². The Morgan fingerprint density at radius 2 is 1.59 bits per heavy atom. The molecule has 5 rings (SSSR count). The quantitative estimate of drug-likeness (QED) is 0.301. The van der Waals surface area contributed by atoms with Gasteiger partial charge in [0.1, 0.15) is 0 Å². The van der Waals surface area contributed by atoms with Crippen molar-refractivity contribution in [1.29, 1.82) is 5.26 Å². The van der Waals surface area contributed by atoms with E-state index in [1.807, 2.05) is 104 Å². The van der Waals surface area contributed by atoms with Gasteiger partial charge in [-0.2, -0.15) is 10.4 Å². The molecule has 0 unspecified atom stereocenters. The van der Waals surface area contributed by atoms with Crippen molar-refractivity contribution in [3.63, 3.8) is 0 Å². The van der Waals surface area contributed by atoms with Gasteiger partial charge in [-0.25, -0.2) is 14.4 Å². The molecular formula is C29H24N6OS. The van der Waals surface area contributed by atoms with E-state index in [4.69, 9.17) is 15.4 Å². The number of para-hydroxylation sites is 1. The van der Waals surface area contributed by atoms with Crippen LogP contribution in [0.15, 0.2) is 105 Å². The van der Waals surface area contributed by atoms with Crippen LogP contribution in [0.2, 0.25) is 0 Å². The summed E-state index contributed by atoms with van der Waals surface area (Å²) in [4.78, 5) is 18.9. The molecule has 0 aliphatic rings. The highest BCUT2D eigenvalue weighted by Gasteiger charge is 2.17. The van der Waals surface area contributed by atoms with E-state index < -0.39 is 0 Å². The topological polar surface area (TPSA) is 80.4 Å². The van der Waals surface area contributed by atoms with E-state index in [1.165, 1.54) is 11.3 Å². The van der Waals surface area contributed by atoms with Gasteiger partial charge in [-0.15, -0.1) is 11.3 Å². The van der Waals surface area contributed by atoms with Crippen LogP contribution in [0.4, 0.5) is 5.69 Å². The number of rotatable bonds is 5. The molecule has 0 saturated heterocycles. The van der Waals surface area contributed by atoms with Gasteiger partial charge >= 0.3 is 0 Å². The molecule has 37 heavy (non-hydrogen) atoms. The van der Waals surface area contributed by atoms with Crippen LogP contribution in [0, 0.1) is 18.3 Å². The predicted molar refractivity (Wildman–Crippen MR) is 147 cm³/mol. The first-order valence-electron chi connectivity index (χ1n) is 11.7. The Hall–Kier alpha value is -4.74. The van der Waals surface area contributed by atoms with Gasteiger partial charge in [-0.1, -0.05) is 60.7 Å². The number of thiazole rings is 1. The van der Waals surface area contributed by atoms with E-state index in [9.17, 15) is 4.79 Å². The standard InChI is InChI=1S/C29H24N6OS/c1-20(23-16-14-22(18-30)15-17-23)32-34-26(24-10-6-4-7-11-24)19-37-29(34)31-27-21(2)33(3)35(28(27)36)25-12-8-5-9-13-25/h4-17,19H,1-3H3. The summed E-state index contributed by atoms with van der Waals surface area (Å²) < 4.78 is 5.22. The SMILES string of the molecule is CC(=Nn1c(-c2ccccc2)csc1=Nc1c(C)n(C)n(-c2ccccc2)c1=O)c1ccc(C#N)cc1. The van der Waals surface area contributed by atoms with Crippen molar-refractivity contribution in [1.82, 2.24) is 14.0 Å². The molecule has 0 radical (unpaired) electrons. The first-order valence-corrected chi connectivity index (χ1v) is 12.6. The average Bonchev–Trinajstić information content (AvgIpc) is 3.42. The van der Waals surface area contributed by atoms with Crippen LogP contribution in [0.5, 0.6) is 0 Å². The minimum Gasteiger partial charge on any atom is -0.283 e. The summed E-state index contributed by atoms with van der Waals surface area (Å²) in [6.45, 7) is 3.81. The lowest BCUT2D eigenvalue weighted by Gasteiger charge is -2.07. The second-order valence-corrected chi connectivity index (χ2v) is 9.31. The zero-order chi connectivity index (χ0) is 25.9. The lowest BCUT2D eigenvalue weighted by Crippen LogP contribution is -2.20. The molecule has 0 N–H and O–H groups in total.